The Kier molecular flexibility index (Phi) is 6.29. The van der Waals surface area contributed by atoms with Crippen molar-refractivity contribution in [1.29, 1.82) is 0 Å². The number of nitrogens with zero attached hydrogens (tertiary/aromatic N) is 1. The van der Waals surface area contributed by atoms with Crippen molar-refractivity contribution in [3.8, 4) is 39.5 Å². The van der Waals surface area contributed by atoms with Gasteiger partial charge in [0.1, 0.15) is 10.9 Å². The van der Waals surface area contributed by atoms with Crippen LogP contribution in [0.25, 0.3) is 33.0 Å². The van der Waals surface area contributed by atoms with Gasteiger partial charge in [0.15, 0.2) is 17.4 Å². The summed E-state index contributed by atoms with van der Waals surface area (Å²) >= 11 is 12.2. The van der Waals surface area contributed by atoms with Gasteiger partial charge in [-0.2, -0.15) is 0 Å². The quantitative estimate of drug-likeness (QED) is 0.221. The predicted octanol–water partition coefficient (Wildman–Crippen LogP) is 9.71. The highest BCUT2D eigenvalue weighted by atomic mass is 35.5. The number of pyridine rings is 1. The first-order valence-electron chi connectivity index (χ1n) is 11.0. The maximum absolute atomic E-state index is 15.7. The van der Waals surface area contributed by atoms with Crippen molar-refractivity contribution in [2.45, 2.75) is 13.8 Å². The minimum absolute atomic E-state index is 0.0389. The third-order valence-corrected chi connectivity index (χ3v) is 6.61. The number of hydrogen-bond donors (Lipinski definition) is 0. The fraction of sp³-hybridized carbons (Fsp3) is 0.0690. The molecule has 0 bridgehead atoms. The third-order valence-electron chi connectivity index (χ3n) is 5.93. The number of rotatable bonds is 4. The molecule has 0 amide bonds. The van der Waals surface area contributed by atoms with E-state index in [0.717, 1.165) is 5.56 Å². The molecule has 0 atom stereocenters. The van der Waals surface area contributed by atoms with Crippen LogP contribution in [-0.2, 0) is 5.11 Å². The third kappa shape index (κ3) is 4.25. The van der Waals surface area contributed by atoms with Gasteiger partial charge in [-0.05, 0) is 66.1 Å². The average molecular weight is 521 g/mol. The molecule has 4 aromatic carbocycles. The van der Waals surface area contributed by atoms with Crippen LogP contribution in [-0.4, -0.2) is 4.98 Å². The van der Waals surface area contributed by atoms with E-state index in [2.05, 4.69) is 4.98 Å². The molecule has 1 radical (unpaired) electrons. The lowest BCUT2D eigenvalue weighted by atomic mass is 9.87. The van der Waals surface area contributed by atoms with Gasteiger partial charge in [0.2, 0.25) is 5.75 Å². The fourth-order valence-electron chi connectivity index (χ4n) is 4.35. The van der Waals surface area contributed by atoms with Gasteiger partial charge in [-0.1, -0.05) is 59.6 Å². The van der Waals surface area contributed by atoms with E-state index in [4.69, 9.17) is 27.9 Å². The number of aryl methyl sites for hydroxylation is 2. The van der Waals surface area contributed by atoms with Crippen LogP contribution in [0.3, 0.4) is 0 Å². The highest BCUT2D eigenvalue weighted by molar-refractivity contribution is 6.41. The first-order chi connectivity index (χ1) is 17.2. The fourth-order valence-corrected chi connectivity index (χ4v) is 4.62. The van der Waals surface area contributed by atoms with Crippen molar-refractivity contribution in [3.05, 3.63) is 106 Å². The summed E-state index contributed by atoms with van der Waals surface area (Å²) in [4.78, 5) is 4.03. The summed E-state index contributed by atoms with van der Waals surface area (Å²) in [5, 5.41) is 13.9. The predicted molar refractivity (Wildman–Crippen MR) is 139 cm³/mol. The van der Waals surface area contributed by atoms with Crippen molar-refractivity contribution in [2.75, 3.05) is 0 Å². The highest BCUT2D eigenvalue weighted by Gasteiger charge is 2.27. The van der Waals surface area contributed by atoms with Gasteiger partial charge in [0.25, 0.3) is 0 Å². The van der Waals surface area contributed by atoms with Crippen LogP contribution in [0.1, 0.15) is 11.1 Å². The second-order valence-electron chi connectivity index (χ2n) is 8.45. The lowest BCUT2D eigenvalue weighted by Crippen LogP contribution is -2.00. The normalized spacial score (nSPS) is 11.2. The molecule has 0 aliphatic carbocycles. The molecule has 0 spiro atoms. The Bertz CT molecular complexity index is 1650. The molecule has 1 heterocycles. The van der Waals surface area contributed by atoms with Crippen molar-refractivity contribution in [2.24, 2.45) is 0 Å². The monoisotopic (exact) mass is 520 g/mol. The van der Waals surface area contributed by atoms with Crippen LogP contribution in [0, 0.1) is 25.5 Å². The topological polar surface area (TPSA) is 42.0 Å². The molecule has 1 aromatic heterocycles. The van der Waals surface area contributed by atoms with Crippen molar-refractivity contribution in [3.63, 3.8) is 0 Å². The molecule has 3 nitrogen and oxygen atoms in total. The second-order valence-corrected chi connectivity index (χ2v) is 9.22. The zero-order valence-corrected chi connectivity index (χ0v) is 20.7. The molecular weight excluding hydrogens is 503 g/mol. The van der Waals surface area contributed by atoms with Crippen molar-refractivity contribution >= 4 is 34.0 Å². The van der Waals surface area contributed by atoms with Gasteiger partial charge in [-0.3, -0.25) is 5.11 Å². The Morgan fingerprint density at radius 2 is 1.64 bits per heavy atom. The molecule has 36 heavy (non-hydrogen) atoms. The minimum Gasteiger partial charge on any atom is -0.454 e. The van der Waals surface area contributed by atoms with Gasteiger partial charge in [-0.15, -0.1) is 0 Å². The van der Waals surface area contributed by atoms with Crippen LogP contribution < -0.4 is 4.74 Å². The summed E-state index contributed by atoms with van der Waals surface area (Å²) in [5.41, 5.74) is 2.14. The Balaban J connectivity index is 1.91. The zero-order chi connectivity index (χ0) is 25.6. The van der Waals surface area contributed by atoms with Gasteiger partial charge in [-0.25, -0.2) is 13.8 Å². The largest absolute Gasteiger partial charge is 0.454 e. The van der Waals surface area contributed by atoms with E-state index in [1.807, 2.05) is 13.0 Å². The lowest BCUT2D eigenvalue weighted by molar-refractivity contribution is 0.330. The molecule has 0 aliphatic rings. The van der Waals surface area contributed by atoms with E-state index in [1.165, 1.54) is 24.4 Å². The zero-order valence-electron chi connectivity index (χ0n) is 19.2. The summed E-state index contributed by atoms with van der Waals surface area (Å²) < 4.78 is 37.4. The van der Waals surface area contributed by atoms with Gasteiger partial charge in [0, 0.05) is 28.5 Å². The van der Waals surface area contributed by atoms with E-state index in [9.17, 15) is 5.11 Å². The SMILES string of the molecule is Cc1cccc(Oc2c(F)cc3ccccc3c2-c2c(C)cc([O])c(F)c2-c2cnc(Cl)c(Cl)c2)c1. The Hall–Kier alpha value is -3.67. The summed E-state index contributed by atoms with van der Waals surface area (Å²) in [6, 6.07) is 18.3. The van der Waals surface area contributed by atoms with Crippen LogP contribution in [0.5, 0.6) is 17.2 Å². The second kappa shape index (κ2) is 9.41. The first-order valence-corrected chi connectivity index (χ1v) is 11.8. The number of fused-ring (bicyclic) bond motifs is 1. The van der Waals surface area contributed by atoms with Crippen LogP contribution in [0.15, 0.2) is 72.9 Å². The standard InChI is InChI=1S/C29H18Cl2F2NO2/c1-15-6-5-8-19(10-15)36-28-22(32)13-17-7-3-4-9-20(17)26(28)24-16(2)11-23(35)27(33)25(24)18-12-21(30)29(31)34-14-18/h3-14H,1-2H3. The summed E-state index contributed by atoms with van der Waals surface area (Å²) in [6.45, 7) is 3.56. The Labute approximate surface area is 216 Å². The summed E-state index contributed by atoms with van der Waals surface area (Å²) in [5.74, 6) is -2.12. The molecular formula is C29H18Cl2F2NO2. The molecule has 179 valence electrons. The van der Waals surface area contributed by atoms with Crippen molar-refractivity contribution in [1.82, 2.24) is 4.98 Å². The smallest absolute Gasteiger partial charge is 0.215 e. The average Bonchev–Trinajstić information content (AvgIpc) is 2.84. The van der Waals surface area contributed by atoms with Gasteiger partial charge >= 0.3 is 0 Å². The number of ether oxygens (including phenoxy) is 1. The van der Waals surface area contributed by atoms with Crippen LogP contribution >= 0.6 is 23.2 Å². The van der Waals surface area contributed by atoms with Crippen LogP contribution in [0.2, 0.25) is 10.2 Å². The number of aromatic nitrogens is 1. The van der Waals surface area contributed by atoms with E-state index >= 15 is 8.78 Å². The molecule has 5 aromatic rings. The molecule has 7 heteroatoms. The molecule has 0 unspecified atom stereocenters. The number of benzene rings is 4. The van der Waals surface area contributed by atoms with Crippen LogP contribution in [0.4, 0.5) is 8.78 Å². The highest BCUT2D eigenvalue weighted by Crippen LogP contribution is 2.49. The molecule has 0 fully saturated rings. The molecule has 0 saturated carbocycles. The van der Waals surface area contributed by atoms with Crippen molar-refractivity contribution < 1.29 is 18.6 Å². The maximum Gasteiger partial charge on any atom is 0.215 e. The maximum atomic E-state index is 15.7. The summed E-state index contributed by atoms with van der Waals surface area (Å²) in [7, 11) is 0. The minimum atomic E-state index is -1.01. The van der Waals surface area contributed by atoms with Gasteiger partial charge < -0.3 is 4.74 Å². The van der Waals surface area contributed by atoms with E-state index in [0.29, 0.717) is 33.2 Å². The molecule has 0 aliphatic heterocycles. The first kappa shape index (κ1) is 24.0. The molecule has 5 rings (SSSR count). The lowest BCUT2D eigenvalue weighted by Gasteiger charge is -2.21. The molecule has 0 saturated heterocycles. The summed E-state index contributed by atoms with van der Waals surface area (Å²) in [6.07, 6.45) is 1.33. The Morgan fingerprint density at radius 1 is 0.861 bits per heavy atom. The van der Waals surface area contributed by atoms with E-state index in [1.54, 1.807) is 49.4 Å². The molecule has 0 N–H and O–H groups in total. The number of hydrogen-bond acceptors (Lipinski definition) is 2. The van der Waals surface area contributed by atoms with E-state index in [-0.39, 0.29) is 27.1 Å². The number of halogens is 4. The van der Waals surface area contributed by atoms with Gasteiger partial charge in [0.05, 0.1) is 5.02 Å². The Morgan fingerprint density at radius 3 is 2.39 bits per heavy atom. The van der Waals surface area contributed by atoms with E-state index < -0.39 is 17.4 Å².